The Labute approximate surface area is 133 Å². The zero-order valence-corrected chi connectivity index (χ0v) is 14.2. The number of aliphatic imine (C=N–C) groups is 1. The molecule has 0 fully saturated rings. The molecule has 2 rings (SSSR count). The molecule has 0 unspecified atom stereocenters. The fourth-order valence-corrected chi connectivity index (χ4v) is 2.84. The highest BCUT2D eigenvalue weighted by Crippen LogP contribution is 2.21. The maximum Gasteiger partial charge on any atom is 0.193 e. The zero-order valence-electron chi connectivity index (χ0n) is 14.2. The van der Waals surface area contributed by atoms with Crippen LogP contribution < -0.4 is 5.32 Å². The summed E-state index contributed by atoms with van der Waals surface area (Å²) in [4.78, 5) is 10.0. The molecule has 0 atom stereocenters. The molecule has 0 aliphatic heterocycles. The molecule has 0 spiro atoms. The number of benzene rings is 1. The molecule has 22 heavy (non-hydrogen) atoms. The number of hydrogen-bond donors (Lipinski definition) is 2. The number of aromatic amines is 1. The fraction of sp³-hybridized carbons (Fsp3) is 0.500. The number of aryl methyl sites for hydroxylation is 1. The van der Waals surface area contributed by atoms with Crippen LogP contribution in [-0.4, -0.2) is 43.0 Å². The molecule has 0 amide bonds. The van der Waals surface area contributed by atoms with Gasteiger partial charge in [0.1, 0.15) is 0 Å². The first kappa shape index (κ1) is 16.4. The van der Waals surface area contributed by atoms with Crippen molar-refractivity contribution in [1.82, 2.24) is 15.2 Å². The first-order valence-electron chi connectivity index (χ1n) is 8.15. The van der Waals surface area contributed by atoms with Crippen LogP contribution >= 0.6 is 0 Å². The summed E-state index contributed by atoms with van der Waals surface area (Å²) in [7, 11) is 3.95. The van der Waals surface area contributed by atoms with Crippen molar-refractivity contribution in [3.8, 4) is 0 Å². The number of hydrogen-bond acceptors (Lipinski definition) is 1. The van der Waals surface area contributed by atoms with Crippen molar-refractivity contribution in [2.24, 2.45) is 4.99 Å². The van der Waals surface area contributed by atoms with Crippen LogP contribution in [0, 0.1) is 6.92 Å². The number of guanidine groups is 1. The number of H-pyrrole nitrogens is 1. The van der Waals surface area contributed by atoms with Crippen LogP contribution in [0.5, 0.6) is 0 Å². The molecule has 1 aromatic carbocycles. The highest BCUT2D eigenvalue weighted by molar-refractivity contribution is 5.84. The van der Waals surface area contributed by atoms with E-state index < -0.39 is 0 Å². The Kier molecular flexibility index (Phi) is 5.87. The first-order valence-corrected chi connectivity index (χ1v) is 8.15. The van der Waals surface area contributed by atoms with Crippen molar-refractivity contribution < 1.29 is 0 Å². The second-order valence-corrected chi connectivity index (χ2v) is 5.77. The lowest BCUT2D eigenvalue weighted by atomic mass is 10.1. The molecule has 0 saturated carbocycles. The number of aromatic nitrogens is 1. The lowest BCUT2D eigenvalue weighted by Gasteiger charge is -2.21. The van der Waals surface area contributed by atoms with Gasteiger partial charge in [-0.2, -0.15) is 0 Å². The molecule has 0 aliphatic carbocycles. The molecule has 0 bridgehead atoms. The molecule has 120 valence electrons. The summed E-state index contributed by atoms with van der Waals surface area (Å²) in [5.74, 6) is 0.978. The highest BCUT2D eigenvalue weighted by Gasteiger charge is 2.09. The van der Waals surface area contributed by atoms with Gasteiger partial charge in [-0.25, -0.2) is 0 Å². The van der Waals surface area contributed by atoms with Gasteiger partial charge in [0.05, 0.1) is 0 Å². The Bertz CT molecular complexity index is 627. The molecule has 4 heteroatoms. The summed E-state index contributed by atoms with van der Waals surface area (Å²) in [6.07, 6.45) is 3.39. The second kappa shape index (κ2) is 7.87. The minimum absolute atomic E-state index is 0.895. The summed E-state index contributed by atoms with van der Waals surface area (Å²) in [6, 6.07) is 8.50. The van der Waals surface area contributed by atoms with Crippen LogP contribution in [-0.2, 0) is 6.42 Å². The summed E-state index contributed by atoms with van der Waals surface area (Å²) in [6.45, 7) is 6.30. The lowest BCUT2D eigenvalue weighted by molar-refractivity contribution is 0.465. The molecular weight excluding hydrogens is 272 g/mol. The molecule has 0 aliphatic rings. The minimum atomic E-state index is 0.895. The molecule has 2 aromatic rings. The average Bonchev–Trinajstić information content (AvgIpc) is 2.85. The Morgan fingerprint density at radius 3 is 2.82 bits per heavy atom. The number of nitrogens with zero attached hydrogens (tertiary/aromatic N) is 2. The van der Waals surface area contributed by atoms with E-state index in [1.54, 1.807) is 0 Å². The van der Waals surface area contributed by atoms with Crippen molar-refractivity contribution in [3.63, 3.8) is 0 Å². The van der Waals surface area contributed by atoms with Crippen molar-refractivity contribution >= 4 is 16.9 Å². The van der Waals surface area contributed by atoms with Gasteiger partial charge in [0.25, 0.3) is 0 Å². The molecule has 2 N–H and O–H groups in total. The summed E-state index contributed by atoms with van der Waals surface area (Å²) in [5, 5.41) is 4.80. The smallest absolute Gasteiger partial charge is 0.193 e. The minimum Gasteiger partial charge on any atom is -0.358 e. The van der Waals surface area contributed by atoms with E-state index in [1.165, 1.54) is 35.0 Å². The van der Waals surface area contributed by atoms with E-state index >= 15 is 0 Å². The third-order valence-electron chi connectivity index (χ3n) is 4.11. The molecule has 0 saturated heterocycles. The number of rotatable bonds is 6. The predicted octanol–water partition coefficient (Wildman–Crippen LogP) is 3.33. The predicted molar refractivity (Wildman–Crippen MR) is 95.6 cm³/mol. The molecular formula is C18H28N4. The van der Waals surface area contributed by atoms with E-state index in [0.29, 0.717) is 0 Å². The van der Waals surface area contributed by atoms with Gasteiger partial charge in [0, 0.05) is 43.8 Å². The van der Waals surface area contributed by atoms with Crippen molar-refractivity contribution in [2.75, 3.05) is 27.2 Å². The van der Waals surface area contributed by atoms with Crippen LogP contribution in [0.1, 0.15) is 31.0 Å². The fourth-order valence-electron chi connectivity index (χ4n) is 2.84. The van der Waals surface area contributed by atoms with Gasteiger partial charge in [-0.15, -0.1) is 0 Å². The van der Waals surface area contributed by atoms with E-state index in [4.69, 9.17) is 0 Å². The maximum atomic E-state index is 4.37. The van der Waals surface area contributed by atoms with Crippen LogP contribution in [0.25, 0.3) is 10.9 Å². The first-order chi connectivity index (χ1) is 10.7. The molecule has 1 aromatic heterocycles. The molecule has 4 nitrogen and oxygen atoms in total. The number of fused-ring (bicyclic) bond motifs is 1. The highest BCUT2D eigenvalue weighted by atomic mass is 15.3. The van der Waals surface area contributed by atoms with E-state index in [1.807, 2.05) is 7.05 Å². The number of para-hydroxylation sites is 1. The SMILES string of the molecule is CCCCN(C)C(=NC)NCCc1c(C)[nH]c2ccccc12. The third-order valence-corrected chi connectivity index (χ3v) is 4.11. The van der Waals surface area contributed by atoms with Crippen molar-refractivity contribution in [2.45, 2.75) is 33.1 Å². The quantitative estimate of drug-likeness (QED) is 0.635. The van der Waals surface area contributed by atoms with Gasteiger partial charge in [0.2, 0.25) is 0 Å². The van der Waals surface area contributed by atoms with E-state index in [2.05, 4.69) is 65.4 Å². The normalized spacial score (nSPS) is 11.9. The van der Waals surface area contributed by atoms with Gasteiger partial charge in [-0.05, 0) is 31.4 Å². The van der Waals surface area contributed by atoms with Crippen LogP contribution in [0.4, 0.5) is 0 Å². The third kappa shape index (κ3) is 3.81. The van der Waals surface area contributed by atoms with Gasteiger partial charge in [0.15, 0.2) is 5.96 Å². The topological polar surface area (TPSA) is 43.4 Å². The van der Waals surface area contributed by atoms with Gasteiger partial charge in [-0.3, -0.25) is 4.99 Å². The standard InChI is InChI=1S/C18H28N4/c1-5-6-13-22(4)18(19-3)20-12-11-15-14(2)21-17-10-8-7-9-16(15)17/h7-10,21H,5-6,11-13H2,1-4H3,(H,19,20). The Hall–Kier alpha value is -1.97. The number of unbranched alkanes of at least 4 members (excludes halogenated alkanes) is 1. The van der Waals surface area contributed by atoms with Gasteiger partial charge >= 0.3 is 0 Å². The summed E-state index contributed by atoms with van der Waals surface area (Å²) >= 11 is 0. The van der Waals surface area contributed by atoms with Crippen molar-refractivity contribution in [1.29, 1.82) is 0 Å². The Morgan fingerprint density at radius 1 is 1.32 bits per heavy atom. The summed E-state index contributed by atoms with van der Waals surface area (Å²) < 4.78 is 0. The maximum absolute atomic E-state index is 4.37. The van der Waals surface area contributed by atoms with Crippen LogP contribution in [0.15, 0.2) is 29.3 Å². The summed E-state index contributed by atoms with van der Waals surface area (Å²) in [5.41, 5.74) is 3.88. The lowest BCUT2D eigenvalue weighted by Crippen LogP contribution is -2.40. The van der Waals surface area contributed by atoms with Crippen LogP contribution in [0.3, 0.4) is 0 Å². The largest absolute Gasteiger partial charge is 0.358 e. The van der Waals surface area contributed by atoms with Crippen LogP contribution in [0.2, 0.25) is 0 Å². The van der Waals surface area contributed by atoms with E-state index in [-0.39, 0.29) is 0 Å². The monoisotopic (exact) mass is 300 g/mol. The molecule has 0 radical (unpaired) electrons. The Balaban J connectivity index is 1.96. The van der Waals surface area contributed by atoms with Crippen molar-refractivity contribution in [3.05, 3.63) is 35.5 Å². The van der Waals surface area contributed by atoms with E-state index in [0.717, 1.165) is 25.5 Å². The number of nitrogens with one attached hydrogen (secondary N) is 2. The van der Waals surface area contributed by atoms with Gasteiger partial charge < -0.3 is 15.2 Å². The van der Waals surface area contributed by atoms with Gasteiger partial charge in [-0.1, -0.05) is 31.5 Å². The molecule has 1 heterocycles. The average molecular weight is 300 g/mol. The van der Waals surface area contributed by atoms with E-state index in [9.17, 15) is 0 Å². The zero-order chi connectivity index (χ0) is 15.9. The second-order valence-electron chi connectivity index (χ2n) is 5.77. The Morgan fingerprint density at radius 2 is 2.09 bits per heavy atom.